The van der Waals surface area contributed by atoms with E-state index < -0.39 is 17.8 Å². The molecule has 1 fully saturated rings. The zero-order chi connectivity index (χ0) is 15.2. The predicted octanol–water partition coefficient (Wildman–Crippen LogP) is 1.74. The van der Waals surface area contributed by atoms with Crippen molar-refractivity contribution in [1.29, 1.82) is 0 Å². The summed E-state index contributed by atoms with van der Waals surface area (Å²) in [6, 6.07) is 2.72. The number of rotatable bonds is 5. The molecule has 0 aliphatic carbocycles. The molecule has 1 aliphatic rings. The summed E-state index contributed by atoms with van der Waals surface area (Å²) in [6.45, 7) is 3.34. The maximum atomic E-state index is 13.0. The second-order valence-corrected chi connectivity index (χ2v) is 4.92. The lowest BCUT2D eigenvalue weighted by Gasteiger charge is -2.15. The molecule has 0 unspecified atom stereocenters. The van der Waals surface area contributed by atoms with Crippen molar-refractivity contribution in [1.82, 2.24) is 10.2 Å². The zero-order valence-corrected chi connectivity index (χ0v) is 11.6. The molecular weight excluding hydrogens is 277 g/mol. The molecule has 114 valence electrons. The Morgan fingerprint density at radius 2 is 2.00 bits per heavy atom. The van der Waals surface area contributed by atoms with E-state index in [2.05, 4.69) is 15.5 Å². The fourth-order valence-electron chi connectivity index (χ4n) is 2.30. The third-order valence-electron chi connectivity index (χ3n) is 3.37. The Morgan fingerprint density at radius 1 is 1.29 bits per heavy atom. The molecule has 0 spiro atoms. The van der Waals surface area contributed by atoms with E-state index in [9.17, 15) is 14.0 Å². The number of likely N-dealkylation sites (tertiary alicyclic amines) is 1. The lowest BCUT2D eigenvalue weighted by molar-refractivity contribution is 0.0697. The third kappa shape index (κ3) is 4.42. The van der Waals surface area contributed by atoms with Crippen LogP contribution in [0.3, 0.4) is 0 Å². The summed E-state index contributed by atoms with van der Waals surface area (Å²) in [5.74, 6) is -1.95. The number of aromatic carboxylic acids is 1. The van der Waals surface area contributed by atoms with Crippen LogP contribution in [0, 0.1) is 5.82 Å². The maximum absolute atomic E-state index is 13.0. The number of hydrogen-bond acceptors (Lipinski definition) is 3. The molecule has 1 aromatic carbocycles. The molecule has 1 aromatic rings. The number of carboxylic acid groups (broad SMARTS) is 1. The van der Waals surface area contributed by atoms with Crippen LogP contribution in [-0.4, -0.2) is 48.2 Å². The van der Waals surface area contributed by atoms with Gasteiger partial charge in [-0.25, -0.2) is 14.0 Å². The highest BCUT2D eigenvalue weighted by atomic mass is 19.1. The molecule has 21 heavy (non-hydrogen) atoms. The van der Waals surface area contributed by atoms with Crippen LogP contribution in [0.1, 0.15) is 23.2 Å². The number of nitrogens with zero attached hydrogens (tertiary/aromatic N) is 1. The van der Waals surface area contributed by atoms with E-state index in [1.807, 2.05) is 0 Å². The number of carbonyl (C=O) groups excluding carboxylic acids is 1. The molecular formula is C14H18FN3O3. The quantitative estimate of drug-likeness (QED) is 0.773. The summed E-state index contributed by atoms with van der Waals surface area (Å²) in [6.07, 6.45) is 2.37. The summed E-state index contributed by atoms with van der Waals surface area (Å²) in [4.78, 5) is 25.0. The number of urea groups is 1. The minimum atomic E-state index is -1.29. The van der Waals surface area contributed by atoms with Crippen molar-refractivity contribution in [3.8, 4) is 0 Å². The van der Waals surface area contributed by atoms with Crippen molar-refractivity contribution in [2.24, 2.45) is 0 Å². The van der Waals surface area contributed by atoms with Crippen molar-refractivity contribution in [2.75, 3.05) is 31.5 Å². The number of benzene rings is 1. The number of amides is 2. The highest BCUT2D eigenvalue weighted by Gasteiger charge is 2.14. The van der Waals surface area contributed by atoms with E-state index >= 15 is 0 Å². The third-order valence-corrected chi connectivity index (χ3v) is 3.37. The van der Waals surface area contributed by atoms with Crippen LogP contribution in [0.25, 0.3) is 0 Å². The van der Waals surface area contributed by atoms with Gasteiger partial charge in [0.05, 0.1) is 11.3 Å². The van der Waals surface area contributed by atoms with E-state index in [1.54, 1.807) is 0 Å². The monoisotopic (exact) mass is 295 g/mol. The van der Waals surface area contributed by atoms with Crippen molar-refractivity contribution in [3.63, 3.8) is 0 Å². The first-order chi connectivity index (χ1) is 10.1. The van der Waals surface area contributed by atoms with Crippen LogP contribution in [0.15, 0.2) is 18.2 Å². The summed E-state index contributed by atoms with van der Waals surface area (Å²) in [7, 11) is 0. The molecule has 3 N–H and O–H groups in total. The lowest BCUT2D eigenvalue weighted by Crippen LogP contribution is -2.36. The second kappa shape index (κ2) is 7.03. The van der Waals surface area contributed by atoms with Gasteiger partial charge in [-0.2, -0.15) is 0 Å². The van der Waals surface area contributed by atoms with E-state index in [4.69, 9.17) is 5.11 Å². The van der Waals surface area contributed by atoms with Crippen LogP contribution in [-0.2, 0) is 0 Å². The van der Waals surface area contributed by atoms with Gasteiger partial charge in [-0.3, -0.25) is 0 Å². The number of anilines is 1. The maximum Gasteiger partial charge on any atom is 0.337 e. The molecule has 2 amide bonds. The molecule has 1 heterocycles. The van der Waals surface area contributed by atoms with Gasteiger partial charge in [0.2, 0.25) is 0 Å². The first-order valence-electron chi connectivity index (χ1n) is 6.86. The SMILES string of the molecule is O=C(NCCN1CCCC1)Nc1ccc(F)cc1C(=O)O. The fourth-order valence-corrected chi connectivity index (χ4v) is 2.30. The molecule has 0 bridgehead atoms. The van der Waals surface area contributed by atoms with Gasteiger partial charge >= 0.3 is 12.0 Å². The van der Waals surface area contributed by atoms with Crippen LogP contribution < -0.4 is 10.6 Å². The molecule has 1 saturated heterocycles. The van der Waals surface area contributed by atoms with Gasteiger partial charge < -0.3 is 20.6 Å². The number of carbonyl (C=O) groups is 2. The summed E-state index contributed by atoms with van der Waals surface area (Å²) >= 11 is 0. The van der Waals surface area contributed by atoms with E-state index in [1.165, 1.54) is 18.9 Å². The Morgan fingerprint density at radius 3 is 2.67 bits per heavy atom. The van der Waals surface area contributed by atoms with Crippen LogP contribution in [0.4, 0.5) is 14.9 Å². The summed E-state index contributed by atoms with van der Waals surface area (Å²) in [5, 5.41) is 14.1. The Hall–Kier alpha value is -2.15. The number of nitrogens with one attached hydrogen (secondary N) is 2. The number of carboxylic acids is 1. The van der Waals surface area contributed by atoms with Crippen LogP contribution in [0.2, 0.25) is 0 Å². The minimum absolute atomic E-state index is 0.0718. The Bertz CT molecular complexity index is 530. The lowest BCUT2D eigenvalue weighted by atomic mass is 10.2. The van der Waals surface area contributed by atoms with Gasteiger partial charge in [-0.15, -0.1) is 0 Å². The van der Waals surface area contributed by atoms with Gasteiger partial charge in [-0.1, -0.05) is 0 Å². The van der Waals surface area contributed by atoms with Gasteiger partial charge in [0, 0.05) is 13.1 Å². The summed E-state index contributed by atoms with van der Waals surface area (Å²) in [5.41, 5.74) is -0.202. The number of hydrogen-bond donors (Lipinski definition) is 3. The Kier molecular flexibility index (Phi) is 5.10. The smallest absolute Gasteiger partial charge is 0.337 e. The molecule has 0 saturated carbocycles. The van der Waals surface area contributed by atoms with Crippen LogP contribution >= 0.6 is 0 Å². The Labute approximate surface area is 121 Å². The van der Waals surface area contributed by atoms with Crippen molar-refractivity contribution in [2.45, 2.75) is 12.8 Å². The fraction of sp³-hybridized carbons (Fsp3) is 0.429. The molecule has 0 radical (unpaired) electrons. The molecule has 2 rings (SSSR count). The predicted molar refractivity (Wildman–Crippen MR) is 76.1 cm³/mol. The standard InChI is InChI=1S/C14H18FN3O3/c15-10-3-4-12(11(9-10)13(19)20)17-14(21)16-5-8-18-6-1-2-7-18/h3-4,9H,1-2,5-8H2,(H,19,20)(H2,16,17,21). The van der Waals surface area contributed by atoms with Crippen molar-refractivity contribution < 1.29 is 19.1 Å². The van der Waals surface area contributed by atoms with E-state index in [-0.39, 0.29) is 11.3 Å². The van der Waals surface area contributed by atoms with Gasteiger partial charge in [-0.05, 0) is 44.1 Å². The Balaban J connectivity index is 1.85. The minimum Gasteiger partial charge on any atom is -0.478 e. The van der Waals surface area contributed by atoms with Crippen molar-refractivity contribution >= 4 is 17.7 Å². The highest BCUT2D eigenvalue weighted by Crippen LogP contribution is 2.16. The van der Waals surface area contributed by atoms with E-state index in [0.29, 0.717) is 6.54 Å². The molecule has 0 aromatic heterocycles. The van der Waals surface area contributed by atoms with Gasteiger partial charge in [0.15, 0.2) is 0 Å². The largest absolute Gasteiger partial charge is 0.478 e. The zero-order valence-electron chi connectivity index (χ0n) is 11.6. The molecule has 1 aliphatic heterocycles. The topological polar surface area (TPSA) is 81.7 Å². The highest BCUT2D eigenvalue weighted by molar-refractivity contribution is 5.99. The first kappa shape index (κ1) is 15.2. The van der Waals surface area contributed by atoms with Crippen LogP contribution in [0.5, 0.6) is 0 Å². The average Bonchev–Trinajstić information content (AvgIpc) is 2.94. The van der Waals surface area contributed by atoms with Gasteiger partial charge in [0.25, 0.3) is 0 Å². The van der Waals surface area contributed by atoms with E-state index in [0.717, 1.165) is 31.8 Å². The number of halogens is 1. The average molecular weight is 295 g/mol. The second-order valence-electron chi connectivity index (χ2n) is 4.92. The molecule has 0 atom stereocenters. The van der Waals surface area contributed by atoms with Gasteiger partial charge in [0.1, 0.15) is 5.82 Å². The molecule has 6 nitrogen and oxygen atoms in total. The van der Waals surface area contributed by atoms with Crippen molar-refractivity contribution in [3.05, 3.63) is 29.6 Å². The summed E-state index contributed by atoms with van der Waals surface area (Å²) < 4.78 is 13.0. The molecule has 7 heteroatoms. The normalized spacial score (nSPS) is 14.9. The first-order valence-corrected chi connectivity index (χ1v) is 6.86.